The zero-order valence-corrected chi connectivity index (χ0v) is 13.0. The van der Waals surface area contributed by atoms with Gasteiger partial charge in [0.25, 0.3) is 0 Å². The van der Waals surface area contributed by atoms with Gasteiger partial charge in [-0.05, 0) is 38.3 Å². The van der Waals surface area contributed by atoms with Crippen LogP contribution in [0.5, 0.6) is 0 Å². The van der Waals surface area contributed by atoms with Crippen LogP contribution in [0.15, 0.2) is 24.3 Å². The van der Waals surface area contributed by atoms with Crippen LogP contribution in [-0.2, 0) is 16.3 Å². The van der Waals surface area contributed by atoms with E-state index in [0.717, 1.165) is 19.4 Å². The van der Waals surface area contributed by atoms with Crippen LogP contribution in [0.25, 0.3) is 0 Å². The van der Waals surface area contributed by atoms with Crippen molar-refractivity contribution in [3.05, 3.63) is 35.4 Å². The highest BCUT2D eigenvalue weighted by molar-refractivity contribution is 7.90. The molecule has 0 aliphatic heterocycles. The fraction of sp³-hybridized carbons (Fsp3) is 0.600. The molecule has 0 radical (unpaired) electrons. The standard InChI is InChI=1S/C15H25NO2S/c1-4-16-15(10-11-19(3,17)18)9-8-14-7-5-6-13(2)12-14/h5-7,12,15-16H,4,8-11H2,1-3H3. The summed E-state index contributed by atoms with van der Waals surface area (Å²) in [6.45, 7) is 5.03. The van der Waals surface area contributed by atoms with Crippen molar-refractivity contribution in [3.8, 4) is 0 Å². The molecule has 1 aromatic carbocycles. The molecule has 0 bridgehead atoms. The molecule has 1 atom stereocenters. The van der Waals surface area contributed by atoms with Crippen molar-refractivity contribution < 1.29 is 8.42 Å². The summed E-state index contributed by atoms with van der Waals surface area (Å²) in [7, 11) is -2.87. The first kappa shape index (κ1) is 16.2. The number of hydrogen-bond acceptors (Lipinski definition) is 3. The minimum absolute atomic E-state index is 0.262. The largest absolute Gasteiger partial charge is 0.314 e. The topological polar surface area (TPSA) is 46.2 Å². The highest BCUT2D eigenvalue weighted by atomic mass is 32.2. The molecule has 108 valence electrons. The minimum atomic E-state index is -2.87. The van der Waals surface area contributed by atoms with E-state index in [2.05, 4.69) is 43.4 Å². The van der Waals surface area contributed by atoms with Gasteiger partial charge in [0.15, 0.2) is 0 Å². The Kier molecular flexibility index (Phi) is 6.52. The van der Waals surface area contributed by atoms with E-state index in [4.69, 9.17) is 0 Å². The van der Waals surface area contributed by atoms with Crippen molar-refractivity contribution >= 4 is 9.84 Å². The molecular weight excluding hydrogens is 258 g/mol. The summed E-state index contributed by atoms with van der Waals surface area (Å²) in [6.07, 6.45) is 3.96. The summed E-state index contributed by atoms with van der Waals surface area (Å²) in [6, 6.07) is 8.77. The molecule has 0 fully saturated rings. The van der Waals surface area contributed by atoms with Gasteiger partial charge >= 0.3 is 0 Å². The van der Waals surface area contributed by atoms with Gasteiger partial charge in [-0.1, -0.05) is 36.8 Å². The summed E-state index contributed by atoms with van der Waals surface area (Å²) < 4.78 is 22.5. The summed E-state index contributed by atoms with van der Waals surface area (Å²) in [5.41, 5.74) is 2.59. The maximum absolute atomic E-state index is 11.2. The fourth-order valence-electron chi connectivity index (χ4n) is 2.20. The Bertz CT molecular complexity index is 483. The van der Waals surface area contributed by atoms with Gasteiger partial charge in [0.2, 0.25) is 0 Å². The van der Waals surface area contributed by atoms with Gasteiger partial charge in [-0.25, -0.2) is 8.42 Å². The zero-order chi connectivity index (χ0) is 14.3. The van der Waals surface area contributed by atoms with Crippen molar-refractivity contribution in [2.24, 2.45) is 0 Å². The van der Waals surface area contributed by atoms with Gasteiger partial charge in [0, 0.05) is 12.3 Å². The lowest BCUT2D eigenvalue weighted by Gasteiger charge is -2.17. The van der Waals surface area contributed by atoms with E-state index < -0.39 is 9.84 Å². The van der Waals surface area contributed by atoms with Crippen LogP contribution in [0.4, 0.5) is 0 Å². The van der Waals surface area contributed by atoms with E-state index in [1.54, 1.807) is 0 Å². The van der Waals surface area contributed by atoms with E-state index in [1.165, 1.54) is 17.4 Å². The average molecular weight is 283 g/mol. The molecule has 1 rings (SSSR count). The maximum Gasteiger partial charge on any atom is 0.147 e. The van der Waals surface area contributed by atoms with Gasteiger partial charge in [-0.2, -0.15) is 0 Å². The third kappa shape index (κ3) is 7.33. The molecule has 1 unspecified atom stereocenters. The van der Waals surface area contributed by atoms with Gasteiger partial charge in [-0.15, -0.1) is 0 Å². The van der Waals surface area contributed by atoms with Crippen molar-refractivity contribution in [2.45, 2.75) is 39.2 Å². The molecule has 0 aliphatic rings. The van der Waals surface area contributed by atoms with Crippen LogP contribution in [-0.4, -0.2) is 33.0 Å². The number of sulfone groups is 1. The SMILES string of the molecule is CCNC(CCc1cccc(C)c1)CCS(C)(=O)=O. The first-order valence-corrected chi connectivity index (χ1v) is 8.93. The molecule has 0 aliphatic carbocycles. The van der Waals surface area contributed by atoms with Gasteiger partial charge in [0.05, 0.1) is 5.75 Å². The van der Waals surface area contributed by atoms with Gasteiger partial charge in [-0.3, -0.25) is 0 Å². The Morgan fingerprint density at radius 3 is 2.58 bits per heavy atom. The highest BCUT2D eigenvalue weighted by Crippen LogP contribution is 2.10. The predicted molar refractivity (Wildman–Crippen MR) is 81.3 cm³/mol. The number of rotatable bonds is 8. The normalized spacial score (nSPS) is 13.4. The zero-order valence-electron chi connectivity index (χ0n) is 12.1. The molecule has 1 N–H and O–H groups in total. The van der Waals surface area contributed by atoms with Crippen molar-refractivity contribution in [3.63, 3.8) is 0 Å². The van der Waals surface area contributed by atoms with Crippen LogP contribution >= 0.6 is 0 Å². The van der Waals surface area contributed by atoms with E-state index in [-0.39, 0.29) is 11.8 Å². The lowest BCUT2D eigenvalue weighted by molar-refractivity contribution is 0.478. The predicted octanol–water partition coefficient (Wildman–Crippen LogP) is 2.34. The molecule has 1 aromatic rings. The molecule has 0 saturated carbocycles. The van der Waals surface area contributed by atoms with Crippen LogP contribution in [0.1, 0.15) is 30.9 Å². The molecule has 0 saturated heterocycles. The number of hydrogen-bond donors (Lipinski definition) is 1. The van der Waals surface area contributed by atoms with E-state index in [0.29, 0.717) is 6.42 Å². The molecule has 3 nitrogen and oxygen atoms in total. The van der Waals surface area contributed by atoms with Crippen LogP contribution in [0.2, 0.25) is 0 Å². The summed E-state index contributed by atoms with van der Waals surface area (Å²) in [4.78, 5) is 0. The molecule has 4 heteroatoms. The summed E-state index contributed by atoms with van der Waals surface area (Å²) >= 11 is 0. The number of aryl methyl sites for hydroxylation is 2. The number of benzene rings is 1. The van der Waals surface area contributed by atoms with Gasteiger partial charge < -0.3 is 5.32 Å². The van der Waals surface area contributed by atoms with Gasteiger partial charge in [0.1, 0.15) is 9.84 Å². The minimum Gasteiger partial charge on any atom is -0.314 e. The third-order valence-corrected chi connectivity index (χ3v) is 4.17. The average Bonchev–Trinajstić information content (AvgIpc) is 2.32. The lowest BCUT2D eigenvalue weighted by Crippen LogP contribution is -2.31. The Hall–Kier alpha value is -0.870. The van der Waals surface area contributed by atoms with Crippen molar-refractivity contribution in [1.29, 1.82) is 0 Å². The van der Waals surface area contributed by atoms with E-state index >= 15 is 0 Å². The quantitative estimate of drug-likeness (QED) is 0.796. The van der Waals surface area contributed by atoms with Crippen LogP contribution in [0, 0.1) is 6.92 Å². The Morgan fingerprint density at radius 1 is 1.26 bits per heavy atom. The smallest absolute Gasteiger partial charge is 0.147 e. The second-order valence-electron chi connectivity index (χ2n) is 5.20. The summed E-state index contributed by atoms with van der Waals surface area (Å²) in [5.74, 6) is 0.262. The van der Waals surface area contributed by atoms with E-state index in [1.807, 2.05) is 0 Å². The fourth-order valence-corrected chi connectivity index (χ4v) is 2.91. The second kappa shape index (κ2) is 7.65. The second-order valence-corrected chi connectivity index (χ2v) is 7.46. The lowest BCUT2D eigenvalue weighted by atomic mass is 10.0. The molecule has 0 heterocycles. The first-order valence-electron chi connectivity index (χ1n) is 6.87. The maximum atomic E-state index is 11.2. The van der Waals surface area contributed by atoms with Crippen molar-refractivity contribution in [1.82, 2.24) is 5.32 Å². The molecule has 0 amide bonds. The third-order valence-electron chi connectivity index (χ3n) is 3.19. The molecule has 0 spiro atoms. The summed E-state index contributed by atoms with van der Waals surface area (Å²) in [5, 5.41) is 3.38. The Labute approximate surface area is 117 Å². The van der Waals surface area contributed by atoms with Crippen LogP contribution < -0.4 is 5.32 Å². The molecular formula is C15H25NO2S. The van der Waals surface area contributed by atoms with Crippen molar-refractivity contribution in [2.75, 3.05) is 18.6 Å². The molecule has 0 aromatic heterocycles. The Morgan fingerprint density at radius 2 is 2.00 bits per heavy atom. The first-order chi connectivity index (χ1) is 8.90. The monoisotopic (exact) mass is 283 g/mol. The molecule has 19 heavy (non-hydrogen) atoms. The Balaban J connectivity index is 2.49. The highest BCUT2D eigenvalue weighted by Gasteiger charge is 2.11. The number of nitrogens with one attached hydrogen (secondary N) is 1. The van der Waals surface area contributed by atoms with Crippen LogP contribution in [0.3, 0.4) is 0 Å². The van der Waals surface area contributed by atoms with E-state index in [9.17, 15) is 8.42 Å².